The van der Waals surface area contributed by atoms with Crippen LogP contribution in [0.25, 0.3) is 22.2 Å². The second kappa shape index (κ2) is 7.82. The Morgan fingerprint density at radius 3 is 2.71 bits per heavy atom. The second-order valence-electron chi connectivity index (χ2n) is 6.17. The van der Waals surface area contributed by atoms with Gasteiger partial charge in [-0.1, -0.05) is 45.4 Å². The Balaban J connectivity index is 1.45. The van der Waals surface area contributed by atoms with Crippen LogP contribution in [-0.2, 0) is 4.79 Å². The van der Waals surface area contributed by atoms with Crippen molar-refractivity contribution in [3.63, 3.8) is 0 Å². The van der Waals surface area contributed by atoms with Crippen LogP contribution in [0.4, 0.5) is 5.69 Å². The molecule has 140 valence electrons. The van der Waals surface area contributed by atoms with E-state index < -0.39 is 0 Å². The Morgan fingerprint density at radius 1 is 1.11 bits per heavy atom. The van der Waals surface area contributed by atoms with Gasteiger partial charge >= 0.3 is 0 Å². The van der Waals surface area contributed by atoms with Crippen LogP contribution in [0.3, 0.4) is 0 Å². The standard InChI is InChI=1S/C21H16BrN3O3/c1-13-23-21(25-28-13)18-4-2-3-5-19(18)24-20(26)12-27-17-9-7-14-10-16(22)8-6-15(14)11-17/h2-11H,12H2,1H3,(H,24,26). The average Bonchev–Trinajstić information content (AvgIpc) is 3.13. The van der Waals surface area contributed by atoms with E-state index >= 15 is 0 Å². The summed E-state index contributed by atoms with van der Waals surface area (Å²) in [5.41, 5.74) is 1.28. The topological polar surface area (TPSA) is 77.2 Å². The number of hydrogen-bond acceptors (Lipinski definition) is 5. The van der Waals surface area contributed by atoms with Crippen LogP contribution in [0, 0.1) is 6.92 Å². The van der Waals surface area contributed by atoms with Gasteiger partial charge in [-0.2, -0.15) is 4.98 Å². The summed E-state index contributed by atoms with van der Waals surface area (Å²) in [6.07, 6.45) is 0. The Labute approximate surface area is 169 Å². The first-order chi connectivity index (χ1) is 13.6. The number of fused-ring (bicyclic) bond motifs is 1. The van der Waals surface area contributed by atoms with Gasteiger partial charge in [0.15, 0.2) is 6.61 Å². The smallest absolute Gasteiger partial charge is 0.262 e. The molecule has 0 atom stereocenters. The SMILES string of the molecule is Cc1nc(-c2ccccc2NC(=O)COc2ccc3cc(Br)ccc3c2)no1. The van der Waals surface area contributed by atoms with E-state index in [0.717, 1.165) is 15.2 Å². The van der Waals surface area contributed by atoms with E-state index in [2.05, 4.69) is 31.4 Å². The van der Waals surface area contributed by atoms with E-state index in [1.165, 1.54) is 0 Å². The Bertz CT molecular complexity index is 1160. The molecule has 0 aliphatic rings. The van der Waals surface area contributed by atoms with Crippen LogP contribution in [0.5, 0.6) is 5.75 Å². The highest BCUT2D eigenvalue weighted by atomic mass is 79.9. The highest BCUT2D eigenvalue weighted by Gasteiger charge is 2.13. The van der Waals surface area contributed by atoms with E-state index in [-0.39, 0.29) is 12.5 Å². The molecule has 4 rings (SSSR count). The number of nitrogens with zero attached hydrogens (tertiary/aromatic N) is 2. The Kier molecular flexibility index (Phi) is 5.08. The van der Waals surface area contributed by atoms with Crippen molar-refractivity contribution in [1.82, 2.24) is 10.1 Å². The predicted octanol–water partition coefficient (Wildman–Crippen LogP) is 4.98. The molecule has 4 aromatic rings. The molecule has 1 heterocycles. The van der Waals surface area contributed by atoms with Crippen LogP contribution < -0.4 is 10.1 Å². The molecular formula is C21H16BrN3O3. The van der Waals surface area contributed by atoms with Gasteiger partial charge in [-0.15, -0.1) is 0 Å². The number of para-hydroxylation sites is 1. The number of hydrogen-bond donors (Lipinski definition) is 1. The Morgan fingerprint density at radius 2 is 1.89 bits per heavy atom. The number of rotatable bonds is 5. The first-order valence-corrected chi connectivity index (χ1v) is 9.39. The maximum atomic E-state index is 12.4. The fraction of sp³-hybridized carbons (Fsp3) is 0.0952. The molecule has 0 aliphatic carbocycles. The van der Waals surface area contributed by atoms with E-state index in [0.29, 0.717) is 28.7 Å². The van der Waals surface area contributed by atoms with E-state index in [1.807, 2.05) is 54.6 Å². The molecule has 7 heteroatoms. The molecule has 0 radical (unpaired) electrons. The number of ether oxygens (including phenoxy) is 1. The van der Waals surface area contributed by atoms with Gasteiger partial charge in [0.2, 0.25) is 11.7 Å². The predicted molar refractivity (Wildman–Crippen MR) is 110 cm³/mol. The van der Waals surface area contributed by atoms with Crippen molar-refractivity contribution >= 4 is 38.3 Å². The lowest BCUT2D eigenvalue weighted by Crippen LogP contribution is -2.20. The molecule has 1 amide bonds. The van der Waals surface area contributed by atoms with Crippen molar-refractivity contribution in [2.24, 2.45) is 0 Å². The maximum Gasteiger partial charge on any atom is 0.262 e. The maximum absolute atomic E-state index is 12.4. The minimum Gasteiger partial charge on any atom is -0.484 e. The zero-order valence-electron chi connectivity index (χ0n) is 15.0. The highest BCUT2D eigenvalue weighted by molar-refractivity contribution is 9.10. The van der Waals surface area contributed by atoms with E-state index in [4.69, 9.17) is 9.26 Å². The van der Waals surface area contributed by atoms with Gasteiger partial charge in [0.1, 0.15) is 5.75 Å². The van der Waals surface area contributed by atoms with Gasteiger partial charge in [-0.3, -0.25) is 4.79 Å². The van der Waals surface area contributed by atoms with Crippen LogP contribution >= 0.6 is 15.9 Å². The number of amides is 1. The molecule has 0 fully saturated rings. The first-order valence-electron chi connectivity index (χ1n) is 8.60. The second-order valence-corrected chi connectivity index (χ2v) is 7.09. The van der Waals surface area contributed by atoms with Gasteiger partial charge in [-0.25, -0.2) is 0 Å². The molecule has 0 saturated heterocycles. The summed E-state index contributed by atoms with van der Waals surface area (Å²) in [6.45, 7) is 1.61. The minimum absolute atomic E-state index is 0.109. The first kappa shape index (κ1) is 18.2. The van der Waals surface area contributed by atoms with Crippen molar-refractivity contribution in [3.05, 3.63) is 71.0 Å². The summed E-state index contributed by atoms with van der Waals surface area (Å²) >= 11 is 3.46. The zero-order valence-corrected chi connectivity index (χ0v) is 16.6. The normalized spacial score (nSPS) is 10.8. The largest absolute Gasteiger partial charge is 0.484 e. The molecule has 0 spiro atoms. The summed E-state index contributed by atoms with van der Waals surface area (Å²) < 4.78 is 11.7. The number of benzene rings is 3. The quantitative estimate of drug-likeness (QED) is 0.476. The van der Waals surface area contributed by atoms with Crippen molar-refractivity contribution in [1.29, 1.82) is 0 Å². The lowest BCUT2D eigenvalue weighted by Gasteiger charge is -2.10. The lowest BCUT2D eigenvalue weighted by atomic mass is 10.1. The fourth-order valence-corrected chi connectivity index (χ4v) is 3.19. The number of aryl methyl sites for hydroxylation is 1. The van der Waals surface area contributed by atoms with E-state index in [9.17, 15) is 4.79 Å². The number of halogens is 1. The number of carbonyl (C=O) groups excluding carboxylic acids is 1. The molecule has 1 N–H and O–H groups in total. The Hall–Kier alpha value is -3.19. The van der Waals surface area contributed by atoms with Gasteiger partial charge < -0.3 is 14.6 Å². The zero-order chi connectivity index (χ0) is 19.5. The monoisotopic (exact) mass is 437 g/mol. The van der Waals surface area contributed by atoms with Crippen LogP contribution in [0.2, 0.25) is 0 Å². The van der Waals surface area contributed by atoms with Gasteiger partial charge in [0.05, 0.1) is 5.69 Å². The lowest BCUT2D eigenvalue weighted by molar-refractivity contribution is -0.118. The summed E-state index contributed by atoms with van der Waals surface area (Å²) in [6, 6.07) is 19.0. The van der Waals surface area contributed by atoms with E-state index in [1.54, 1.807) is 13.0 Å². The molecule has 28 heavy (non-hydrogen) atoms. The molecule has 0 unspecified atom stereocenters. The number of nitrogens with one attached hydrogen (secondary N) is 1. The number of anilines is 1. The van der Waals surface area contributed by atoms with Crippen molar-refractivity contribution in [2.75, 3.05) is 11.9 Å². The molecule has 0 bridgehead atoms. The third-order valence-corrected chi connectivity index (χ3v) is 4.61. The van der Waals surface area contributed by atoms with Crippen LogP contribution in [0.1, 0.15) is 5.89 Å². The average molecular weight is 438 g/mol. The highest BCUT2D eigenvalue weighted by Crippen LogP contribution is 2.26. The minimum atomic E-state index is -0.274. The fourth-order valence-electron chi connectivity index (χ4n) is 2.82. The molecule has 0 saturated carbocycles. The van der Waals surface area contributed by atoms with Gasteiger partial charge in [0, 0.05) is 17.0 Å². The van der Waals surface area contributed by atoms with Crippen LogP contribution in [0.15, 0.2) is 69.7 Å². The van der Waals surface area contributed by atoms with Gasteiger partial charge in [-0.05, 0) is 47.2 Å². The van der Waals surface area contributed by atoms with Crippen molar-refractivity contribution < 1.29 is 14.1 Å². The molecule has 6 nitrogen and oxygen atoms in total. The summed E-state index contributed by atoms with van der Waals surface area (Å²) in [5.74, 6) is 1.24. The molecule has 0 aliphatic heterocycles. The summed E-state index contributed by atoms with van der Waals surface area (Å²) in [7, 11) is 0. The third kappa shape index (κ3) is 4.04. The van der Waals surface area contributed by atoms with Crippen molar-refractivity contribution in [3.8, 4) is 17.1 Å². The summed E-state index contributed by atoms with van der Waals surface area (Å²) in [5, 5.41) is 8.89. The van der Waals surface area contributed by atoms with Crippen molar-refractivity contribution in [2.45, 2.75) is 6.92 Å². The molecular weight excluding hydrogens is 422 g/mol. The summed E-state index contributed by atoms with van der Waals surface area (Å²) in [4.78, 5) is 16.6. The third-order valence-electron chi connectivity index (χ3n) is 4.11. The number of carbonyl (C=O) groups is 1. The van der Waals surface area contributed by atoms with Gasteiger partial charge in [0.25, 0.3) is 5.91 Å². The van der Waals surface area contributed by atoms with Crippen LogP contribution in [-0.4, -0.2) is 22.7 Å². The molecule has 3 aromatic carbocycles. The molecule has 1 aromatic heterocycles. The number of aromatic nitrogens is 2.